The van der Waals surface area contributed by atoms with Gasteiger partial charge < -0.3 is 0 Å². The first-order valence-electron chi connectivity index (χ1n) is 5.18. The minimum absolute atomic E-state index is 0.921. The van der Waals surface area contributed by atoms with E-state index < -0.39 is 0 Å². The van der Waals surface area contributed by atoms with Crippen molar-refractivity contribution in [3.05, 3.63) is 60.8 Å². The Balaban J connectivity index is 2.45. The quantitative estimate of drug-likeness (QED) is 0.497. The molecule has 0 nitrogen and oxygen atoms in total. The third-order valence-electron chi connectivity index (χ3n) is 1.91. The maximum Gasteiger partial charge on any atom is -0.00946 e. The maximum absolute atomic E-state index is 3.20. The van der Waals surface area contributed by atoms with Crippen LogP contribution in [0.25, 0.3) is 0 Å². The van der Waals surface area contributed by atoms with Gasteiger partial charge in [-0.15, -0.1) is 0 Å². The lowest BCUT2D eigenvalue weighted by molar-refractivity contribution is 1.04. The Labute approximate surface area is 87.0 Å². The molecule has 0 unspecified atom stereocenters. The second-order valence-electron chi connectivity index (χ2n) is 3.14. The highest BCUT2D eigenvalue weighted by molar-refractivity contribution is 5.08. The summed E-state index contributed by atoms with van der Waals surface area (Å²) in [6.07, 6.45) is 26.5. The van der Waals surface area contributed by atoms with Gasteiger partial charge in [-0.25, -0.2) is 0 Å². The van der Waals surface area contributed by atoms with Gasteiger partial charge in [0.2, 0.25) is 0 Å². The average molecular weight is 185 g/mol. The molecule has 1 rings (SSSR count). The van der Waals surface area contributed by atoms with Crippen LogP contribution in [0.1, 0.15) is 25.7 Å². The Morgan fingerprint density at radius 2 is 1.50 bits per heavy atom. The van der Waals surface area contributed by atoms with Gasteiger partial charge >= 0.3 is 0 Å². The van der Waals surface area contributed by atoms with Gasteiger partial charge in [-0.2, -0.15) is 0 Å². The minimum atomic E-state index is 0.921. The van der Waals surface area contributed by atoms with Crippen LogP contribution >= 0.6 is 0 Å². The van der Waals surface area contributed by atoms with Crippen LogP contribution in [0.2, 0.25) is 0 Å². The summed E-state index contributed by atoms with van der Waals surface area (Å²) in [5.74, 6) is 0. The number of rotatable bonds is 0. The lowest BCUT2D eigenvalue weighted by atomic mass is 10.2. The molecule has 0 fully saturated rings. The molecule has 0 spiro atoms. The summed E-state index contributed by atoms with van der Waals surface area (Å²) in [6, 6.07) is 0. The molecule has 1 radical (unpaired) electrons. The Kier molecular flexibility index (Phi) is 6.39. The first-order valence-corrected chi connectivity index (χ1v) is 5.18. The normalized spacial score (nSPS) is 18.3. The van der Waals surface area contributed by atoms with Gasteiger partial charge in [0.05, 0.1) is 0 Å². The second-order valence-corrected chi connectivity index (χ2v) is 3.14. The van der Waals surface area contributed by atoms with Crippen molar-refractivity contribution in [2.24, 2.45) is 0 Å². The largest absolute Gasteiger partial charge is 0.0879 e. The van der Waals surface area contributed by atoms with Gasteiger partial charge in [0.15, 0.2) is 0 Å². The highest BCUT2D eigenvalue weighted by Crippen LogP contribution is 1.97. The summed E-state index contributed by atoms with van der Waals surface area (Å²) < 4.78 is 0. The van der Waals surface area contributed by atoms with Crippen molar-refractivity contribution in [2.45, 2.75) is 25.7 Å². The van der Waals surface area contributed by atoms with Crippen molar-refractivity contribution < 1.29 is 0 Å². The van der Waals surface area contributed by atoms with Crippen LogP contribution in [0.15, 0.2) is 54.7 Å². The van der Waals surface area contributed by atoms with Gasteiger partial charge in [0.25, 0.3) is 0 Å². The van der Waals surface area contributed by atoms with Crippen molar-refractivity contribution in [3.8, 4) is 0 Å². The van der Waals surface area contributed by atoms with Crippen molar-refractivity contribution >= 4 is 0 Å². The van der Waals surface area contributed by atoms with E-state index in [1.807, 2.05) is 12.2 Å². The molecule has 0 bridgehead atoms. The van der Waals surface area contributed by atoms with Crippen LogP contribution in [0.3, 0.4) is 0 Å². The molecule has 0 aromatic carbocycles. The van der Waals surface area contributed by atoms with Gasteiger partial charge in [0.1, 0.15) is 0 Å². The summed E-state index contributed by atoms with van der Waals surface area (Å²) >= 11 is 0. The molecular formula is C14H17. The monoisotopic (exact) mass is 185 g/mol. The molecule has 1 aliphatic carbocycles. The first kappa shape index (κ1) is 10.8. The summed E-state index contributed by atoms with van der Waals surface area (Å²) in [4.78, 5) is 0. The number of hydrogen-bond donors (Lipinski definition) is 0. The molecule has 1 aliphatic rings. The SMILES string of the molecule is [C]1=CC=CCC=CC=CCCC=CC1. The zero-order valence-electron chi connectivity index (χ0n) is 8.52. The third-order valence-corrected chi connectivity index (χ3v) is 1.91. The highest BCUT2D eigenvalue weighted by Gasteiger charge is 1.77. The van der Waals surface area contributed by atoms with E-state index in [2.05, 4.69) is 48.6 Å². The molecule has 0 heteroatoms. The van der Waals surface area contributed by atoms with E-state index in [0.717, 1.165) is 25.7 Å². The first-order chi connectivity index (χ1) is 7.00. The van der Waals surface area contributed by atoms with Crippen LogP contribution in [-0.4, -0.2) is 0 Å². The molecule has 0 aromatic rings. The van der Waals surface area contributed by atoms with E-state index in [1.165, 1.54) is 0 Å². The van der Waals surface area contributed by atoms with Crippen LogP contribution < -0.4 is 0 Å². The Hall–Kier alpha value is -1.30. The van der Waals surface area contributed by atoms with E-state index in [9.17, 15) is 0 Å². The van der Waals surface area contributed by atoms with Gasteiger partial charge in [-0.1, -0.05) is 54.7 Å². The summed E-state index contributed by atoms with van der Waals surface area (Å²) in [5.41, 5.74) is 0. The molecule has 73 valence electrons. The summed E-state index contributed by atoms with van der Waals surface area (Å²) in [6.45, 7) is 0. The van der Waals surface area contributed by atoms with E-state index in [-0.39, 0.29) is 0 Å². The standard InChI is InChI=1S/C14H17/c1-2-4-6-8-10-12-14-13-11-9-7-5-3-1/h1-4,7,9-12H,5-6,8,14H2. The fourth-order valence-electron chi connectivity index (χ4n) is 1.15. The zero-order valence-corrected chi connectivity index (χ0v) is 8.52. The molecule has 0 saturated carbocycles. The molecule has 0 heterocycles. The molecule has 0 aromatic heterocycles. The van der Waals surface area contributed by atoms with E-state index in [0.29, 0.717) is 0 Å². The lowest BCUT2D eigenvalue weighted by Crippen LogP contribution is -1.66. The van der Waals surface area contributed by atoms with E-state index in [1.54, 1.807) is 0 Å². The van der Waals surface area contributed by atoms with E-state index in [4.69, 9.17) is 0 Å². The Bertz CT molecular complexity index is 262. The van der Waals surface area contributed by atoms with Crippen molar-refractivity contribution in [2.75, 3.05) is 0 Å². The highest BCUT2D eigenvalue weighted by atomic mass is 13.8. The molecule has 0 N–H and O–H groups in total. The average Bonchev–Trinajstić information content (AvgIpc) is 2.22. The third kappa shape index (κ3) is 6.24. The molecule has 0 aliphatic heterocycles. The Morgan fingerprint density at radius 1 is 0.714 bits per heavy atom. The topological polar surface area (TPSA) is 0 Å². The summed E-state index contributed by atoms with van der Waals surface area (Å²) in [7, 11) is 0. The van der Waals surface area contributed by atoms with Crippen LogP contribution in [0, 0.1) is 6.08 Å². The minimum Gasteiger partial charge on any atom is -0.0879 e. The summed E-state index contributed by atoms with van der Waals surface area (Å²) in [5, 5.41) is 0. The molecule has 0 atom stereocenters. The fourth-order valence-corrected chi connectivity index (χ4v) is 1.15. The van der Waals surface area contributed by atoms with Crippen molar-refractivity contribution in [3.63, 3.8) is 0 Å². The smallest absolute Gasteiger partial charge is 0.00946 e. The van der Waals surface area contributed by atoms with Crippen LogP contribution in [0.4, 0.5) is 0 Å². The lowest BCUT2D eigenvalue weighted by Gasteiger charge is -1.86. The molecular weight excluding hydrogens is 168 g/mol. The second kappa shape index (κ2) is 8.31. The predicted octanol–water partition coefficient (Wildman–Crippen LogP) is 4.14. The van der Waals surface area contributed by atoms with Gasteiger partial charge in [0, 0.05) is 0 Å². The van der Waals surface area contributed by atoms with Crippen LogP contribution in [-0.2, 0) is 0 Å². The van der Waals surface area contributed by atoms with Gasteiger partial charge in [-0.3, -0.25) is 0 Å². The van der Waals surface area contributed by atoms with Crippen molar-refractivity contribution in [1.29, 1.82) is 0 Å². The van der Waals surface area contributed by atoms with Gasteiger partial charge in [-0.05, 0) is 31.8 Å². The molecule has 14 heavy (non-hydrogen) atoms. The molecule has 0 saturated heterocycles. The fraction of sp³-hybridized carbons (Fsp3) is 0.286. The Morgan fingerprint density at radius 3 is 2.50 bits per heavy atom. The predicted molar refractivity (Wildman–Crippen MR) is 62.8 cm³/mol. The van der Waals surface area contributed by atoms with Crippen LogP contribution in [0.5, 0.6) is 0 Å². The molecule has 0 amide bonds. The maximum atomic E-state index is 3.20. The number of allylic oxidation sites excluding steroid dienone is 10. The zero-order chi connectivity index (χ0) is 9.90. The van der Waals surface area contributed by atoms with E-state index >= 15 is 0 Å². The number of hydrogen-bond acceptors (Lipinski definition) is 0. The van der Waals surface area contributed by atoms with Crippen molar-refractivity contribution in [1.82, 2.24) is 0 Å².